The van der Waals surface area contributed by atoms with Crippen molar-refractivity contribution < 1.29 is 5.11 Å². The van der Waals surface area contributed by atoms with E-state index in [1.807, 2.05) is 6.07 Å². The van der Waals surface area contributed by atoms with Crippen LogP contribution in [0.15, 0.2) is 6.07 Å². The number of benzene rings is 1. The highest BCUT2D eigenvalue weighted by Crippen LogP contribution is 2.52. The van der Waals surface area contributed by atoms with Gasteiger partial charge in [0.25, 0.3) is 0 Å². The van der Waals surface area contributed by atoms with Crippen molar-refractivity contribution in [3.05, 3.63) is 27.2 Å². The minimum absolute atomic E-state index is 0.0301. The summed E-state index contributed by atoms with van der Waals surface area (Å²) in [4.78, 5) is 0. The molecule has 2 aliphatic rings. The van der Waals surface area contributed by atoms with Crippen molar-refractivity contribution in [1.82, 2.24) is 5.32 Å². The van der Waals surface area contributed by atoms with Crippen LogP contribution in [0.25, 0.3) is 0 Å². The second-order valence-corrected chi connectivity index (χ2v) is 6.56. The standard InChI is InChI=1S/C14H17Cl2NO/c1-7-10-6-8-5-9(15)13(18)12(16)11(8)14(7,2)3-4-17-10/h5,7,10,17-18H,3-4,6H2,1-2H3/t7-,10+,14+/m1/s1. The van der Waals surface area contributed by atoms with Crippen LogP contribution >= 0.6 is 23.2 Å². The lowest BCUT2D eigenvalue weighted by atomic mass is 9.59. The second-order valence-electron chi connectivity index (χ2n) is 5.78. The van der Waals surface area contributed by atoms with Crippen molar-refractivity contribution in [2.24, 2.45) is 5.92 Å². The van der Waals surface area contributed by atoms with Crippen LogP contribution in [-0.2, 0) is 11.8 Å². The molecule has 2 nitrogen and oxygen atoms in total. The van der Waals surface area contributed by atoms with Gasteiger partial charge in [0.05, 0.1) is 10.0 Å². The van der Waals surface area contributed by atoms with Crippen molar-refractivity contribution in [2.45, 2.75) is 38.1 Å². The Labute approximate surface area is 117 Å². The number of piperidine rings is 1. The molecule has 2 bridgehead atoms. The number of hydrogen-bond donors (Lipinski definition) is 2. The van der Waals surface area contributed by atoms with Gasteiger partial charge in [-0.15, -0.1) is 0 Å². The first-order valence-corrected chi connectivity index (χ1v) is 7.14. The molecule has 3 atom stereocenters. The molecule has 0 saturated carbocycles. The van der Waals surface area contributed by atoms with Gasteiger partial charge in [0, 0.05) is 6.04 Å². The number of aromatic hydroxyl groups is 1. The lowest BCUT2D eigenvalue weighted by Gasteiger charge is -2.50. The first kappa shape index (κ1) is 12.6. The average Bonchev–Trinajstić information content (AvgIpc) is 2.30. The van der Waals surface area contributed by atoms with Crippen molar-refractivity contribution >= 4 is 23.2 Å². The van der Waals surface area contributed by atoms with E-state index in [-0.39, 0.29) is 11.2 Å². The number of fused-ring (bicyclic) bond motifs is 4. The average molecular weight is 286 g/mol. The minimum atomic E-state index is 0.0301. The van der Waals surface area contributed by atoms with Crippen LogP contribution in [-0.4, -0.2) is 17.7 Å². The predicted molar refractivity (Wildman–Crippen MR) is 74.8 cm³/mol. The number of phenols is 1. The highest BCUT2D eigenvalue weighted by Gasteiger charge is 2.47. The molecule has 1 heterocycles. The SMILES string of the molecule is C[C@@H]1[C@@H]2Cc3cc(Cl)c(O)c(Cl)c3[C@@]1(C)CCN2. The summed E-state index contributed by atoms with van der Waals surface area (Å²) in [7, 11) is 0. The molecule has 0 spiro atoms. The van der Waals surface area contributed by atoms with Gasteiger partial charge in [0.1, 0.15) is 0 Å². The molecular weight excluding hydrogens is 269 g/mol. The fraction of sp³-hybridized carbons (Fsp3) is 0.571. The van der Waals surface area contributed by atoms with E-state index < -0.39 is 0 Å². The molecule has 1 saturated heterocycles. The van der Waals surface area contributed by atoms with Crippen molar-refractivity contribution in [1.29, 1.82) is 0 Å². The summed E-state index contributed by atoms with van der Waals surface area (Å²) in [5, 5.41) is 14.4. The quantitative estimate of drug-likeness (QED) is 0.765. The Kier molecular flexibility index (Phi) is 2.81. The topological polar surface area (TPSA) is 32.3 Å². The summed E-state index contributed by atoms with van der Waals surface area (Å²) < 4.78 is 0. The van der Waals surface area contributed by atoms with Crippen LogP contribution in [0.2, 0.25) is 10.0 Å². The van der Waals surface area contributed by atoms with Gasteiger partial charge in [0.2, 0.25) is 0 Å². The van der Waals surface area contributed by atoms with Crippen LogP contribution in [0.1, 0.15) is 31.4 Å². The van der Waals surface area contributed by atoms with E-state index in [9.17, 15) is 5.11 Å². The smallest absolute Gasteiger partial charge is 0.153 e. The molecule has 1 aromatic carbocycles. The fourth-order valence-corrected chi connectivity index (χ4v) is 4.35. The largest absolute Gasteiger partial charge is 0.505 e. The molecule has 18 heavy (non-hydrogen) atoms. The Bertz CT molecular complexity index is 517. The minimum Gasteiger partial charge on any atom is -0.505 e. The van der Waals surface area contributed by atoms with Gasteiger partial charge in [0.15, 0.2) is 5.75 Å². The Morgan fingerprint density at radius 1 is 1.44 bits per heavy atom. The Hall–Kier alpha value is -0.440. The molecule has 1 fully saturated rings. The second kappa shape index (κ2) is 4.03. The molecule has 1 aliphatic heterocycles. The molecule has 1 aromatic rings. The fourth-order valence-electron chi connectivity index (χ4n) is 3.64. The normalized spacial score (nSPS) is 34.2. The molecule has 0 amide bonds. The monoisotopic (exact) mass is 285 g/mol. The Balaban J connectivity index is 2.27. The van der Waals surface area contributed by atoms with Crippen LogP contribution < -0.4 is 5.32 Å². The zero-order valence-electron chi connectivity index (χ0n) is 10.6. The van der Waals surface area contributed by atoms with Gasteiger partial charge in [-0.05, 0) is 47.9 Å². The van der Waals surface area contributed by atoms with E-state index in [0.717, 1.165) is 24.9 Å². The zero-order chi connectivity index (χ0) is 13.1. The molecule has 0 radical (unpaired) electrons. The summed E-state index contributed by atoms with van der Waals surface area (Å²) in [6, 6.07) is 2.36. The third kappa shape index (κ3) is 1.52. The maximum atomic E-state index is 9.98. The van der Waals surface area contributed by atoms with E-state index in [2.05, 4.69) is 19.2 Å². The zero-order valence-corrected chi connectivity index (χ0v) is 12.1. The number of hydrogen-bond acceptors (Lipinski definition) is 2. The van der Waals surface area contributed by atoms with Gasteiger partial charge in [-0.25, -0.2) is 0 Å². The van der Waals surface area contributed by atoms with Gasteiger partial charge < -0.3 is 10.4 Å². The highest BCUT2D eigenvalue weighted by atomic mass is 35.5. The third-order valence-corrected chi connectivity index (χ3v) is 5.60. The lowest BCUT2D eigenvalue weighted by molar-refractivity contribution is 0.158. The molecular formula is C14H17Cl2NO. The molecule has 1 aliphatic carbocycles. The molecule has 98 valence electrons. The van der Waals surface area contributed by atoms with E-state index in [0.29, 0.717) is 22.0 Å². The van der Waals surface area contributed by atoms with Gasteiger partial charge >= 0.3 is 0 Å². The van der Waals surface area contributed by atoms with Gasteiger partial charge in [-0.1, -0.05) is 37.0 Å². The van der Waals surface area contributed by atoms with E-state index >= 15 is 0 Å². The van der Waals surface area contributed by atoms with Crippen LogP contribution in [0.4, 0.5) is 0 Å². The number of rotatable bonds is 0. The maximum Gasteiger partial charge on any atom is 0.153 e. The molecule has 4 heteroatoms. The van der Waals surface area contributed by atoms with Crippen molar-refractivity contribution in [3.8, 4) is 5.75 Å². The molecule has 0 aromatic heterocycles. The van der Waals surface area contributed by atoms with Gasteiger partial charge in [-0.3, -0.25) is 0 Å². The summed E-state index contributed by atoms with van der Waals surface area (Å²) in [6.07, 6.45) is 1.98. The first-order chi connectivity index (χ1) is 8.45. The predicted octanol–water partition coefficient (Wildman–Crippen LogP) is 3.51. The van der Waals surface area contributed by atoms with Crippen LogP contribution in [0, 0.1) is 5.92 Å². The van der Waals surface area contributed by atoms with Crippen molar-refractivity contribution in [2.75, 3.05) is 6.54 Å². The van der Waals surface area contributed by atoms with E-state index in [1.165, 1.54) is 5.56 Å². The summed E-state index contributed by atoms with van der Waals surface area (Å²) >= 11 is 12.4. The van der Waals surface area contributed by atoms with Crippen molar-refractivity contribution in [3.63, 3.8) is 0 Å². The molecule has 3 rings (SSSR count). The molecule has 2 N–H and O–H groups in total. The summed E-state index contributed by atoms with van der Waals surface area (Å²) in [6.45, 7) is 5.52. The van der Waals surface area contributed by atoms with Crippen LogP contribution in [0.3, 0.4) is 0 Å². The number of phenolic OH excluding ortho intramolecular Hbond substituents is 1. The van der Waals surface area contributed by atoms with E-state index in [1.54, 1.807) is 0 Å². The molecule has 0 unspecified atom stereocenters. The Morgan fingerprint density at radius 3 is 2.89 bits per heavy atom. The first-order valence-electron chi connectivity index (χ1n) is 6.39. The van der Waals surface area contributed by atoms with Gasteiger partial charge in [-0.2, -0.15) is 0 Å². The van der Waals surface area contributed by atoms with E-state index in [4.69, 9.17) is 23.2 Å². The van der Waals surface area contributed by atoms with Crippen LogP contribution in [0.5, 0.6) is 5.75 Å². The highest BCUT2D eigenvalue weighted by molar-refractivity contribution is 6.37. The summed E-state index contributed by atoms with van der Waals surface area (Å²) in [5.41, 5.74) is 2.32. The number of halogens is 2. The summed E-state index contributed by atoms with van der Waals surface area (Å²) in [5.74, 6) is 0.541. The maximum absolute atomic E-state index is 9.98. The number of nitrogens with one attached hydrogen (secondary N) is 1. The Morgan fingerprint density at radius 2 is 2.17 bits per heavy atom. The third-order valence-electron chi connectivity index (χ3n) is 4.95. The lowest BCUT2D eigenvalue weighted by Crippen LogP contribution is -2.56.